The molecule has 5 aromatic rings. The summed E-state index contributed by atoms with van der Waals surface area (Å²) < 4.78 is 17.8. The summed E-state index contributed by atoms with van der Waals surface area (Å²) in [7, 11) is 0. The molecular weight excluding hydrogens is 693 g/mol. The summed E-state index contributed by atoms with van der Waals surface area (Å²) in [4.78, 5) is 21.7. The Morgan fingerprint density at radius 3 is 2.19 bits per heavy atom. The van der Waals surface area contributed by atoms with Gasteiger partial charge >= 0.3 is 0 Å². The molecule has 1 aliphatic rings. The molecule has 0 saturated carbocycles. The lowest BCUT2D eigenvalue weighted by Gasteiger charge is -2.34. The minimum absolute atomic E-state index is 0.0297. The van der Waals surface area contributed by atoms with Gasteiger partial charge in [0, 0.05) is 61.5 Å². The molecule has 1 amide bonds. The highest BCUT2D eigenvalue weighted by Crippen LogP contribution is 2.31. The Hall–Kier alpha value is -4.82. The molecule has 0 N–H and O–H groups in total. The van der Waals surface area contributed by atoms with Crippen molar-refractivity contribution in [1.29, 1.82) is 0 Å². The quantitative estimate of drug-likeness (QED) is 0.112. The van der Waals surface area contributed by atoms with Crippen LogP contribution in [0.15, 0.2) is 109 Å². The Morgan fingerprint density at radius 1 is 0.808 bits per heavy atom. The molecule has 1 aromatic heterocycles. The molecule has 0 spiro atoms. The van der Waals surface area contributed by atoms with Crippen LogP contribution >= 0.6 is 23.2 Å². The van der Waals surface area contributed by atoms with Crippen molar-refractivity contribution in [3.05, 3.63) is 153 Å². The zero-order chi connectivity index (χ0) is 36.5. The number of carbonyl (C=O) groups excluding carboxylic acids is 1. The van der Waals surface area contributed by atoms with Gasteiger partial charge in [-0.15, -0.1) is 0 Å². The number of rotatable bonds is 13. The van der Waals surface area contributed by atoms with Crippen LogP contribution in [0.5, 0.6) is 23.1 Å². The van der Waals surface area contributed by atoms with E-state index in [9.17, 15) is 4.79 Å². The molecule has 1 saturated heterocycles. The minimum Gasteiger partial charge on any atom is -0.489 e. The fraction of sp³-hybridized carbons (Fsp3) is 0.256. The predicted octanol–water partition coefficient (Wildman–Crippen LogP) is 10.1. The Morgan fingerprint density at radius 2 is 1.50 bits per heavy atom. The summed E-state index contributed by atoms with van der Waals surface area (Å²) >= 11 is 12.8. The molecule has 4 aromatic carbocycles. The summed E-state index contributed by atoms with van der Waals surface area (Å²) in [6.07, 6.45) is 4.97. The SMILES string of the molecule is Cc1cc(C=CC(=O)N2CCN(Cc3ccc(COc4ccc(C(C)C)cc4)cc3)CC2)c(Cl)cc1Oc1ccc(OCc2ccccc2Cl)cn1. The third-order valence-corrected chi connectivity index (χ3v) is 9.74. The standard InChI is InChI=1S/C43H43Cl2N3O4/c1-30(2)34-12-15-37(16-13-34)50-28-33-10-8-32(9-11-33)27-47-20-22-48(23-21-47)43(49)19-14-35-24-31(3)41(25-40(35)45)52-42-18-17-38(26-46-42)51-29-36-6-4-5-7-39(36)44/h4-19,24-26,30H,20-23,27-29H2,1-3H3. The van der Waals surface area contributed by atoms with Crippen LogP contribution < -0.4 is 14.2 Å². The molecule has 0 atom stereocenters. The van der Waals surface area contributed by atoms with E-state index in [-0.39, 0.29) is 5.91 Å². The second-order valence-electron chi connectivity index (χ2n) is 13.2. The molecule has 9 heteroatoms. The number of hydrogen-bond acceptors (Lipinski definition) is 6. The fourth-order valence-electron chi connectivity index (χ4n) is 5.83. The fourth-order valence-corrected chi connectivity index (χ4v) is 6.24. The molecule has 6 rings (SSSR count). The van der Waals surface area contributed by atoms with Gasteiger partial charge in [0.1, 0.15) is 30.5 Å². The van der Waals surface area contributed by atoms with Crippen LogP contribution in [-0.4, -0.2) is 46.9 Å². The van der Waals surface area contributed by atoms with E-state index in [1.54, 1.807) is 36.5 Å². The molecule has 0 bridgehead atoms. The van der Waals surface area contributed by atoms with Crippen LogP contribution in [0.2, 0.25) is 10.0 Å². The summed E-state index contributed by atoms with van der Waals surface area (Å²) in [5.41, 5.74) is 6.19. The lowest BCUT2D eigenvalue weighted by molar-refractivity contribution is -0.127. The van der Waals surface area contributed by atoms with E-state index in [4.69, 9.17) is 37.4 Å². The van der Waals surface area contributed by atoms with Crippen molar-refractivity contribution in [2.24, 2.45) is 0 Å². The van der Waals surface area contributed by atoms with Crippen molar-refractivity contribution in [1.82, 2.24) is 14.8 Å². The number of aromatic nitrogens is 1. The number of halogens is 2. The molecular formula is C43H43Cl2N3O4. The van der Waals surface area contributed by atoms with Crippen molar-refractivity contribution in [2.45, 2.75) is 46.4 Å². The smallest absolute Gasteiger partial charge is 0.246 e. The molecule has 1 fully saturated rings. The van der Waals surface area contributed by atoms with Crippen LogP contribution in [0.1, 0.15) is 53.1 Å². The number of nitrogens with zero attached hydrogens (tertiary/aromatic N) is 3. The average Bonchev–Trinajstić information content (AvgIpc) is 3.16. The number of hydrogen-bond donors (Lipinski definition) is 0. The lowest BCUT2D eigenvalue weighted by Crippen LogP contribution is -2.47. The van der Waals surface area contributed by atoms with Gasteiger partial charge in [0.2, 0.25) is 11.8 Å². The zero-order valence-corrected chi connectivity index (χ0v) is 31.2. The van der Waals surface area contributed by atoms with Gasteiger partial charge in [0.15, 0.2) is 0 Å². The maximum absolute atomic E-state index is 13.1. The number of ether oxygens (including phenoxy) is 3. The first-order chi connectivity index (χ1) is 25.2. The third-order valence-electron chi connectivity index (χ3n) is 9.04. The van der Waals surface area contributed by atoms with Crippen LogP contribution in [0, 0.1) is 6.92 Å². The molecule has 0 aliphatic carbocycles. The highest BCUT2D eigenvalue weighted by Gasteiger charge is 2.20. The molecule has 0 radical (unpaired) electrons. The van der Waals surface area contributed by atoms with E-state index < -0.39 is 0 Å². The Bertz CT molecular complexity index is 1970. The second-order valence-corrected chi connectivity index (χ2v) is 14.0. The van der Waals surface area contributed by atoms with E-state index in [0.29, 0.717) is 59.6 Å². The monoisotopic (exact) mass is 735 g/mol. The highest BCUT2D eigenvalue weighted by molar-refractivity contribution is 6.32. The van der Waals surface area contributed by atoms with Crippen molar-refractivity contribution in [3.8, 4) is 23.1 Å². The number of amides is 1. The summed E-state index contributed by atoms with van der Waals surface area (Å²) in [5, 5.41) is 1.14. The molecule has 2 heterocycles. The topological polar surface area (TPSA) is 64.1 Å². The first-order valence-corrected chi connectivity index (χ1v) is 18.3. The summed E-state index contributed by atoms with van der Waals surface area (Å²) in [5.74, 6) is 2.95. The second kappa shape index (κ2) is 17.6. The van der Waals surface area contributed by atoms with Crippen molar-refractivity contribution in [3.63, 3.8) is 0 Å². The van der Waals surface area contributed by atoms with E-state index in [1.807, 2.05) is 54.3 Å². The van der Waals surface area contributed by atoms with E-state index in [1.165, 1.54) is 11.1 Å². The number of piperazine rings is 1. The largest absolute Gasteiger partial charge is 0.489 e. The number of benzene rings is 4. The molecule has 0 unspecified atom stereocenters. The zero-order valence-electron chi connectivity index (χ0n) is 29.7. The average molecular weight is 737 g/mol. The molecule has 7 nitrogen and oxygen atoms in total. The third kappa shape index (κ3) is 10.2. The Labute approximate surface area is 316 Å². The van der Waals surface area contributed by atoms with Crippen LogP contribution in [-0.2, 0) is 24.6 Å². The first kappa shape index (κ1) is 37.0. The van der Waals surface area contributed by atoms with Crippen molar-refractivity contribution >= 4 is 35.2 Å². The van der Waals surface area contributed by atoms with Crippen LogP contribution in [0.25, 0.3) is 6.08 Å². The molecule has 1 aliphatic heterocycles. The predicted molar refractivity (Wildman–Crippen MR) is 208 cm³/mol. The van der Waals surface area contributed by atoms with E-state index in [2.05, 4.69) is 60.1 Å². The number of pyridine rings is 1. The van der Waals surface area contributed by atoms with Gasteiger partial charge in [-0.3, -0.25) is 9.69 Å². The Balaban J connectivity index is 0.941. The van der Waals surface area contributed by atoms with Gasteiger partial charge < -0.3 is 19.1 Å². The van der Waals surface area contributed by atoms with Gasteiger partial charge in [0.25, 0.3) is 0 Å². The number of aryl methyl sites for hydroxylation is 1. The maximum atomic E-state index is 13.1. The van der Waals surface area contributed by atoms with Gasteiger partial charge in [-0.1, -0.05) is 91.6 Å². The Kier molecular flexibility index (Phi) is 12.5. The molecule has 52 heavy (non-hydrogen) atoms. The van der Waals surface area contributed by atoms with Crippen LogP contribution in [0.4, 0.5) is 0 Å². The van der Waals surface area contributed by atoms with Gasteiger partial charge in [-0.25, -0.2) is 4.98 Å². The lowest BCUT2D eigenvalue weighted by atomic mass is 10.0. The van der Waals surface area contributed by atoms with E-state index >= 15 is 0 Å². The van der Waals surface area contributed by atoms with Crippen molar-refractivity contribution < 1.29 is 19.0 Å². The van der Waals surface area contributed by atoms with E-state index in [0.717, 1.165) is 47.6 Å². The summed E-state index contributed by atoms with van der Waals surface area (Å²) in [6.45, 7) is 11.0. The first-order valence-electron chi connectivity index (χ1n) is 17.5. The summed E-state index contributed by atoms with van der Waals surface area (Å²) in [6, 6.07) is 31.6. The maximum Gasteiger partial charge on any atom is 0.246 e. The van der Waals surface area contributed by atoms with Crippen molar-refractivity contribution in [2.75, 3.05) is 26.2 Å². The molecule has 268 valence electrons. The van der Waals surface area contributed by atoms with Gasteiger partial charge in [0.05, 0.1) is 11.2 Å². The highest BCUT2D eigenvalue weighted by atomic mass is 35.5. The number of carbonyl (C=O) groups is 1. The normalized spacial score (nSPS) is 13.5. The van der Waals surface area contributed by atoms with Gasteiger partial charge in [-0.05, 0) is 77.1 Å². The van der Waals surface area contributed by atoms with Crippen LogP contribution in [0.3, 0.4) is 0 Å². The minimum atomic E-state index is -0.0297. The van der Waals surface area contributed by atoms with Gasteiger partial charge in [-0.2, -0.15) is 0 Å².